The Bertz CT molecular complexity index is 1030. The predicted octanol–water partition coefficient (Wildman–Crippen LogP) is 2.95. The lowest BCUT2D eigenvalue weighted by Gasteiger charge is -2.52. The third kappa shape index (κ3) is 3.79. The molecule has 0 radical (unpaired) electrons. The number of allylic oxidation sites excluding steroid dienone is 1. The minimum Gasteiger partial charge on any atom is -0.462 e. The third-order valence-electron chi connectivity index (χ3n) is 8.20. The van der Waals surface area contributed by atoms with Crippen LogP contribution in [0.4, 0.5) is 0 Å². The van der Waals surface area contributed by atoms with E-state index in [2.05, 4.69) is 0 Å². The second kappa shape index (κ2) is 8.47. The van der Waals surface area contributed by atoms with Crippen LogP contribution < -0.4 is 0 Å². The van der Waals surface area contributed by atoms with Crippen molar-refractivity contribution in [1.29, 1.82) is 0 Å². The Hall–Kier alpha value is -2.68. The number of carbonyl (C=O) groups is 4. The van der Waals surface area contributed by atoms with Gasteiger partial charge in [0, 0.05) is 33.1 Å². The van der Waals surface area contributed by atoms with Crippen molar-refractivity contribution in [2.24, 2.45) is 11.3 Å². The molecule has 4 rings (SSSR count). The van der Waals surface area contributed by atoms with Crippen LogP contribution in [0.15, 0.2) is 23.3 Å². The van der Waals surface area contributed by atoms with Crippen molar-refractivity contribution >= 4 is 23.9 Å². The topological polar surface area (TPSA) is 118 Å². The van der Waals surface area contributed by atoms with Crippen LogP contribution in [0.3, 0.4) is 0 Å². The van der Waals surface area contributed by atoms with Gasteiger partial charge in [-0.25, -0.2) is 4.79 Å². The molecule has 2 saturated heterocycles. The van der Waals surface area contributed by atoms with Crippen LogP contribution in [0.25, 0.3) is 0 Å². The zero-order chi connectivity index (χ0) is 25.9. The average molecular weight is 491 g/mol. The lowest BCUT2D eigenvalue weighted by atomic mass is 9.57. The van der Waals surface area contributed by atoms with E-state index < -0.39 is 70.8 Å². The molecule has 0 amide bonds. The molecule has 0 aromatic heterocycles. The molecule has 9 heteroatoms. The second-order valence-electron chi connectivity index (χ2n) is 10.6. The number of carbonyl (C=O) groups excluding carboxylic acids is 4. The van der Waals surface area contributed by atoms with Crippen molar-refractivity contribution in [3.63, 3.8) is 0 Å². The van der Waals surface area contributed by atoms with Gasteiger partial charge in [-0.2, -0.15) is 0 Å². The summed E-state index contributed by atoms with van der Waals surface area (Å²) in [5.41, 5.74) is -1.79. The van der Waals surface area contributed by atoms with E-state index >= 15 is 0 Å². The van der Waals surface area contributed by atoms with Crippen molar-refractivity contribution in [3.05, 3.63) is 23.3 Å². The van der Waals surface area contributed by atoms with E-state index in [1.54, 1.807) is 6.92 Å². The number of rotatable bonds is 3. The number of esters is 4. The molecule has 8 atom stereocenters. The summed E-state index contributed by atoms with van der Waals surface area (Å²) in [6.07, 6.45) is 2.10. The summed E-state index contributed by atoms with van der Waals surface area (Å²) in [5, 5.41) is 0. The van der Waals surface area contributed by atoms with Gasteiger partial charge in [0.15, 0.2) is 17.3 Å². The first-order valence-electron chi connectivity index (χ1n) is 12.0. The molecule has 4 aliphatic rings. The van der Waals surface area contributed by atoms with Crippen molar-refractivity contribution < 1.29 is 42.9 Å². The summed E-state index contributed by atoms with van der Waals surface area (Å²) in [4.78, 5) is 49.7. The van der Waals surface area contributed by atoms with Crippen LogP contribution >= 0.6 is 0 Å². The van der Waals surface area contributed by atoms with Crippen molar-refractivity contribution in [1.82, 2.24) is 0 Å². The summed E-state index contributed by atoms with van der Waals surface area (Å²) >= 11 is 0. The lowest BCUT2D eigenvalue weighted by Crippen LogP contribution is -2.61. The van der Waals surface area contributed by atoms with Gasteiger partial charge >= 0.3 is 23.9 Å². The van der Waals surface area contributed by atoms with Gasteiger partial charge in [-0.15, -0.1) is 0 Å². The molecule has 2 heterocycles. The molecule has 0 aromatic carbocycles. The zero-order valence-electron chi connectivity index (χ0n) is 21.3. The molecule has 2 fully saturated rings. The third-order valence-corrected chi connectivity index (χ3v) is 8.20. The average Bonchev–Trinajstić information content (AvgIpc) is 3.32. The predicted molar refractivity (Wildman–Crippen MR) is 122 cm³/mol. The van der Waals surface area contributed by atoms with Gasteiger partial charge in [0.2, 0.25) is 0 Å². The van der Waals surface area contributed by atoms with Crippen LogP contribution in [-0.4, -0.2) is 59.5 Å². The fourth-order valence-corrected chi connectivity index (χ4v) is 6.50. The molecule has 0 bridgehead atoms. The standard InChI is InChI=1S/C26H34O9/c1-13-8-10-18(31-15(3)27)24(6)19(32-16(4)28)11-9-14(2)21(24)22(33-17(5)29)26-20(12-13)34-23(30)25(26,7)35-26/h9,12,18-22H,8,10-11H2,1-7H3. The highest BCUT2D eigenvalue weighted by Gasteiger charge is 2.87. The fourth-order valence-electron chi connectivity index (χ4n) is 6.50. The summed E-state index contributed by atoms with van der Waals surface area (Å²) in [7, 11) is 0. The van der Waals surface area contributed by atoms with E-state index in [9.17, 15) is 19.2 Å². The van der Waals surface area contributed by atoms with E-state index in [0.717, 1.165) is 11.1 Å². The molecule has 0 aromatic rings. The van der Waals surface area contributed by atoms with E-state index in [1.807, 2.05) is 32.9 Å². The first-order chi connectivity index (χ1) is 16.3. The van der Waals surface area contributed by atoms with Crippen molar-refractivity contribution in [3.8, 4) is 0 Å². The molecule has 0 saturated carbocycles. The normalized spacial score (nSPS) is 42.1. The molecule has 0 N–H and O–H groups in total. The molecule has 35 heavy (non-hydrogen) atoms. The highest BCUT2D eigenvalue weighted by molar-refractivity contribution is 5.89. The minimum absolute atomic E-state index is 0.405. The maximum absolute atomic E-state index is 12.9. The summed E-state index contributed by atoms with van der Waals surface area (Å²) in [5.74, 6) is -2.60. The van der Waals surface area contributed by atoms with Crippen LogP contribution in [0, 0.1) is 11.3 Å². The Morgan fingerprint density at radius 1 is 0.971 bits per heavy atom. The molecule has 9 nitrogen and oxygen atoms in total. The summed E-state index contributed by atoms with van der Waals surface area (Å²) < 4.78 is 29.6. The molecule has 2 aliphatic carbocycles. The van der Waals surface area contributed by atoms with Gasteiger partial charge in [0.25, 0.3) is 0 Å². The Morgan fingerprint density at radius 3 is 2.14 bits per heavy atom. The van der Waals surface area contributed by atoms with Crippen molar-refractivity contribution in [2.45, 2.75) is 103 Å². The van der Waals surface area contributed by atoms with Gasteiger partial charge in [0.1, 0.15) is 18.3 Å². The van der Waals surface area contributed by atoms with Crippen LogP contribution in [0.2, 0.25) is 0 Å². The molecular weight excluding hydrogens is 456 g/mol. The molecule has 8 unspecified atom stereocenters. The van der Waals surface area contributed by atoms with E-state index in [-0.39, 0.29) is 0 Å². The van der Waals surface area contributed by atoms with Gasteiger partial charge < -0.3 is 23.7 Å². The maximum atomic E-state index is 12.9. The van der Waals surface area contributed by atoms with Gasteiger partial charge in [0.05, 0.1) is 5.41 Å². The van der Waals surface area contributed by atoms with E-state index in [4.69, 9.17) is 23.7 Å². The molecular formula is C26H34O9. The Balaban J connectivity index is 1.98. The molecule has 2 aliphatic heterocycles. The molecule has 192 valence electrons. The highest BCUT2D eigenvalue weighted by Crippen LogP contribution is 2.65. The summed E-state index contributed by atoms with van der Waals surface area (Å²) in [6.45, 7) is 11.3. The van der Waals surface area contributed by atoms with Gasteiger partial charge in [-0.3, -0.25) is 14.4 Å². The Kier molecular flexibility index (Phi) is 6.15. The van der Waals surface area contributed by atoms with Gasteiger partial charge in [-0.1, -0.05) is 24.1 Å². The molecule has 1 spiro atoms. The SMILES string of the molecule is CC(=O)OC1CC=C(C)C2C(OC(C)=O)C34OC3(C)C(=O)OC4C=C(C)CCC(OC(C)=O)C12C. The monoisotopic (exact) mass is 490 g/mol. The second-order valence-corrected chi connectivity index (χ2v) is 10.6. The number of hydrogen-bond donors (Lipinski definition) is 0. The zero-order valence-corrected chi connectivity index (χ0v) is 21.3. The largest absolute Gasteiger partial charge is 0.462 e. The van der Waals surface area contributed by atoms with E-state index in [1.165, 1.54) is 20.8 Å². The first kappa shape index (κ1) is 25.4. The minimum atomic E-state index is -1.31. The Labute approximate surface area is 205 Å². The Morgan fingerprint density at radius 2 is 1.57 bits per heavy atom. The van der Waals surface area contributed by atoms with Crippen LogP contribution in [0.5, 0.6) is 0 Å². The van der Waals surface area contributed by atoms with Crippen molar-refractivity contribution in [2.75, 3.05) is 0 Å². The quantitative estimate of drug-likeness (QED) is 0.255. The summed E-state index contributed by atoms with van der Waals surface area (Å²) in [6, 6.07) is 0. The number of ether oxygens (including phenoxy) is 5. The van der Waals surface area contributed by atoms with E-state index in [0.29, 0.717) is 19.3 Å². The van der Waals surface area contributed by atoms with Crippen LogP contribution in [0.1, 0.15) is 67.7 Å². The lowest BCUT2D eigenvalue weighted by molar-refractivity contribution is -0.197. The highest BCUT2D eigenvalue weighted by atomic mass is 16.7. The maximum Gasteiger partial charge on any atom is 0.342 e. The van der Waals surface area contributed by atoms with Gasteiger partial charge in [-0.05, 0) is 39.7 Å². The number of epoxide rings is 1. The number of hydrogen-bond acceptors (Lipinski definition) is 9. The number of fused-ring (bicyclic) bond motifs is 1. The first-order valence-corrected chi connectivity index (χ1v) is 12.0. The van der Waals surface area contributed by atoms with Crippen LogP contribution in [-0.2, 0) is 42.9 Å². The smallest absolute Gasteiger partial charge is 0.342 e. The fraction of sp³-hybridized carbons (Fsp3) is 0.692.